The lowest BCUT2D eigenvalue weighted by molar-refractivity contribution is 0.0847. The smallest absolute Gasteiger partial charge is 0.273 e. The van der Waals surface area contributed by atoms with E-state index in [0.717, 1.165) is 11.3 Å². The molecular formula is C25H19N7O2. The Morgan fingerprint density at radius 3 is 2.24 bits per heavy atom. The minimum absolute atomic E-state index is 0.299. The zero-order valence-electron chi connectivity index (χ0n) is 17.9. The average Bonchev–Trinajstić information content (AvgIpc) is 3.59. The van der Waals surface area contributed by atoms with Crippen molar-refractivity contribution in [1.82, 2.24) is 35.2 Å². The second kappa shape index (κ2) is 9.21. The number of nitrogens with zero attached hydrogens (tertiary/aromatic N) is 5. The highest BCUT2D eigenvalue weighted by Crippen LogP contribution is 2.23. The number of hydrogen-bond donors (Lipinski definition) is 2. The number of benzene rings is 2. The molecule has 2 N–H and O–H groups in total. The summed E-state index contributed by atoms with van der Waals surface area (Å²) in [6.45, 7) is 0. The molecule has 0 saturated carbocycles. The first-order valence-corrected chi connectivity index (χ1v) is 10.4. The highest BCUT2D eigenvalue weighted by atomic mass is 16.2. The number of imidazole rings is 1. The van der Waals surface area contributed by atoms with Crippen LogP contribution in [0.25, 0.3) is 22.8 Å². The summed E-state index contributed by atoms with van der Waals surface area (Å²) in [5.41, 5.74) is 7.65. The Hall–Kier alpha value is -5.05. The van der Waals surface area contributed by atoms with Gasteiger partial charge in [0.15, 0.2) is 0 Å². The molecular weight excluding hydrogens is 430 g/mol. The summed E-state index contributed by atoms with van der Waals surface area (Å²) in [5, 5.41) is 4.62. The molecule has 0 spiro atoms. The molecule has 0 aliphatic heterocycles. The van der Waals surface area contributed by atoms with Crippen LogP contribution in [0.4, 0.5) is 0 Å². The molecule has 9 heteroatoms. The molecule has 0 aliphatic carbocycles. The number of nitrogens with one attached hydrogen (secondary N) is 2. The van der Waals surface area contributed by atoms with E-state index in [1.165, 1.54) is 6.20 Å². The van der Waals surface area contributed by atoms with E-state index < -0.39 is 11.8 Å². The molecule has 2 aromatic carbocycles. The topological polar surface area (TPSA) is 107 Å². The van der Waals surface area contributed by atoms with Crippen molar-refractivity contribution in [3.63, 3.8) is 0 Å². The van der Waals surface area contributed by atoms with Gasteiger partial charge in [-0.05, 0) is 24.3 Å². The highest BCUT2D eigenvalue weighted by Gasteiger charge is 2.19. The fourth-order valence-corrected chi connectivity index (χ4v) is 3.38. The Balaban J connectivity index is 1.35. The summed E-state index contributed by atoms with van der Waals surface area (Å²) in [5.74, 6) is -0.356. The normalized spacial score (nSPS) is 10.6. The Morgan fingerprint density at radius 1 is 0.824 bits per heavy atom. The van der Waals surface area contributed by atoms with E-state index in [-0.39, 0.29) is 0 Å². The number of hydrogen-bond acceptors (Lipinski definition) is 5. The summed E-state index contributed by atoms with van der Waals surface area (Å²) < 4.78 is 3.36. The molecule has 0 fully saturated rings. The maximum Gasteiger partial charge on any atom is 0.273 e. The van der Waals surface area contributed by atoms with Crippen LogP contribution in [0.2, 0.25) is 0 Å². The molecule has 5 rings (SSSR count). The van der Waals surface area contributed by atoms with Crippen LogP contribution in [0.1, 0.15) is 20.7 Å². The minimum atomic E-state index is -0.491. The predicted octanol–water partition coefficient (Wildman–Crippen LogP) is 3.19. The summed E-state index contributed by atoms with van der Waals surface area (Å²) in [4.78, 5) is 33.8. The number of para-hydroxylation sites is 1. The molecule has 2 amide bonds. The molecule has 0 aliphatic rings. The van der Waals surface area contributed by atoms with Crippen molar-refractivity contribution in [1.29, 1.82) is 0 Å². The summed E-state index contributed by atoms with van der Waals surface area (Å²) >= 11 is 0. The van der Waals surface area contributed by atoms with Crippen LogP contribution in [0.15, 0.2) is 104 Å². The first-order chi connectivity index (χ1) is 16.7. The summed E-state index contributed by atoms with van der Waals surface area (Å²) in [6, 6.07) is 22.2. The van der Waals surface area contributed by atoms with Crippen molar-refractivity contribution in [3.05, 3.63) is 115 Å². The number of hydrazine groups is 1. The van der Waals surface area contributed by atoms with E-state index in [1.807, 2.05) is 60.7 Å². The van der Waals surface area contributed by atoms with Gasteiger partial charge in [-0.3, -0.25) is 25.0 Å². The van der Waals surface area contributed by atoms with Crippen LogP contribution >= 0.6 is 0 Å². The Bertz CT molecular complexity index is 1410. The van der Waals surface area contributed by atoms with E-state index in [4.69, 9.17) is 0 Å². The van der Waals surface area contributed by atoms with Gasteiger partial charge in [-0.1, -0.05) is 48.5 Å². The zero-order valence-corrected chi connectivity index (χ0v) is 17.9. The van der Waals surface area contributed by atoms with Gasteiger partial charge < -0.3 is 0 Å². The Morgan fingerprint density at radius 2 is 1.56 bits per heavy atom. The predicted molar refractivity (Wildman–Crippen MR) is 125 cm³/mol. The summed E-state index contributed by atoms with van der Waals surface area (Å²) in [6.07, 6.45) is 8.08. The van der Waals surface area contributed by atoms with E-state index in [2.05, 4.69) is 25.9 Å². The third-order valence-electron chi connectivity index (χ3n) is 5.10. The molecule has 0 unspecified atom stereocenters. The minimum Gasteiger partial charge on any atom is -0.291 e. The van der Waals surface area contributed by atoms with Crippen molar-refractivity contribution in [2.45, 2.75) is 0 Å². The lowest BCUT2D eigenvalue weighted by Gasteiger charge is -2.08. The van der Waals surface area contributed by atoms with Gasteiger partial charge in [-0.2, -0.15) is 5.10 Å². The monoisotopic (exact) mass is 449 g/mol. The first-order valence-electron chi connectivity index (χ1n) is 10.4. The van der Waals surface area contributed by atoms with Crippen LogP contribution in [0.3, 0.4) is 0 Å². The van der Waals surface area contributed by atoms with Crippen LogP contribution in [-0.4, -0.2) is 36.1 Å². The molecule has 0 radical (unpaired) electrons. The quantitative estimate of drug-likeness (QED) is 0.401. The van der Waals surface area contributed by atoms with Crippen molar-refractivity contribution in [2.24, 2.45) is 0 Å². The van der Waals surface area contributed by atoms with E-state index in [9.17, 15) is 9.59 Å². The van der Waals surface area contributed by atoms with E-state index in [0.29, 0.717) is 22.6 Å². The van der Waals surface area contributed by atoms with E-state index >= 15 is 0 Å². The van der Waals surface area contributed by atoms with Gasteiger partial charge in [-0.15, -0.1) is 0 Å². The number of rotatable bonds is 5. The Labute approximate surface area is 194 Å². The van der Waals surface area contributed by atoms with Crippen molar-refractivity contribution >= 4 is 11.8 Å². The number of aromatic nitrogens is 5. The van der Waals surface area contributed by atoms with Gasteiger partial charge in [0.25, 0.3) is 11.8 Å². The number of amides is 2. The lowest BCUT2D eigenvalue weighted by atomic mass is 10.1. The van der Waals surface area contributed by atoms with Gasteiger partial charge in [0.05, 0.1) is 16.8 Å². The molecule has 3 aromatic heterocycles. The molecule has 34 heavy (non-hydrogen) atoms. The lowest BCUT2D eigenvalue weighted by Crippen LogP contribution is -2.41. The van der Waals surface area contributed by atoms with Gasteiger partial charge >= 0.3 is 0 Å². The largest absolute Gasteiger partial charge is 0.291 e. The number of pyridine rings is 1. The SMILES string of the molecule is O=C(NNC(=O)c1cn(-c2ccccc2)nc1-c1ccccc1)c1ccc(-n2ccnc2)nc1. The zero-order chi connectivity index (χ0) is 23.3. The molecule has 0 atom stereocenters. The molecule has 3 heterocycles. The summed E-state index contributed by atoms with van der Waals surface area (Å²) in [7, 11) is 0. The van der Waals surface area contributed by atoms with Gasteiger partial charge in [0.1, 0.15) is 17.8 Å². The maximum atomic E-state index is 13.0. The van der Waals surface area contributed by atoms with Gasteiger partial charge in [0, 0.05) is 30.4 Å². The van der Waals surface area contributed by atoms with E-state index in [1.54, 1.807) is 46.3 Å². The molecule has 166 valence electrons. The standard InChI is InChI=1S/C25H19N7O2/c33-24(19-11-12-22(27-15-19)31-14-13-26-17-31)28-29-25(34)21-16-32(20-9-5-2-6-10-20)30-23(21)18-7-3-1-4-8-18/h1-17H,(H,28,33)(H,29,34). The third kappa shape index (κ3) is 4.30. The van der Waals surface area contributed by atoms with Gasteiger partial charge in [0.2, 0.25) is 0 Å². The van der Waals surface area contributed by atoms with Crippen molar-refractivity contribution in [3.8, 4) is 22.8 Å². The Kier molecular flexibility index (Phi) is 5.64. The molecule has 0 bridgehead atoms. The van der Waals surface area contributed by atoms with Gasteiger partial charge in [-0.25, -0.2) is 14.6 Å². The molecule has 5 aromatic rings. The second-order valence-corrected chi connectivity index (χ2v) is 7.32. The van der Waals surface area contributed by atoms with Crippen molar-refractivity contribution < 1.29 is 9.59 Å². The fraction of sp³-hybridized carbons (Fsp3) is 0. The fourth-order valence-electron chi connectivity index (χ4n) is 3.38. The third-order valence-corrected chi connectivity index (χ3v) is 5.10. The van der Waals surface area contributed by atoms with Crippen LogP contribution < -0.4 is 10.9 Å². The molecule has 9 nitrogen and oxygen atoms in total. The molecule has 0 saturated heterocycles. The first kappa shape index (κ1) is 20.8. The number of carbonyl (C=O) groups is 2. The van der Waals surface area contributed by atoms with Crippen LogP contribution in [0, 0.1) is 0 Å². The van der Waals surface area contributed by atoms with Crippen LogP contribution in [-0.2, 0) is 0 Å². The maximum absolute atomic E-state index is 13.0. The van der Waals surface area contributed by atoms with Crippen LogP contribution in [0.5, 0.6) is 0 Å². The van der Waals surface area contributed by atoms with Crippen molar-refractivity contribution in [2.75, 3.05) is 0 Å². The average molecular weight is 449 g/mol. The highest BCUT2D eigenvalue weighted by molar-refractivity contribution is 6.02. The second-order valence-electron chi connectivity index (χ2n) is 7.32. The number of carbonyl (C=O) groups excluding carboxylic acids is 2.